The van der Waals surface area contributed by atoms with Crippen LogP contribution in [-0.4, -0.2) is 12.6 Å². The summed E-state index contributed by atoms with van der Waals surface area (Å²) in [5, 5.41) is 0. The van der Waals surface area contributed by atoms with Crippen LogP contribution in [0.2, 0.25) is 0 Å². The third-order valence-electron chi connectivity index (χ3n) is 1.83. The summed E-state index contributed by atoms with van der Waals surface area (Å²) in [6.07, 6.45) is 0. The first-order chi connectivity index (χ1) is 6.09. The van der Waals surface area contributed by atoms with Gasteiger partial charge < -0.3 is 10.5 Å². The van der Waals surface area contributed by atoms with Gasteiger partial charge in [-0.3, -0.25) is 0 Å². The molecule has 0 unspecified atom stereocenters. The summed E-state index contributed by atoms with van der Waals surface area (Å²) in [4.78, 5) is 0. The maximum Gasteiger partial charge on any atom is 0.122 e. The van der Waals surface area contributed by atoms with E-state index in [0.717, 1.165) is 5.75 Å². The van der Waals surface area contributed by atoms with Gasteiger partial charge in [-0.2, -0.15) is 0 Å². The fourth-order valence-corrected chi connectivity index (χ4v) is 1.18. The number of ether oxygens (including phenoxy) is 1. The molecule has 72 valence electrons. The Morgan fingerprint density at radius 1 is 1.38 bits per heavy atom. The predicted molar refractivity (Wildman–Crippen MR) is 55.1 cm³/mol. The van der Waals surface area contributed by atoms with Crippen LogP contribution in [0.15, 0.2) is 18.2 Å². The van der Waals surface area contributed by atoms with Crippen LogP contribution in [0, 0.1) is 13.8 Å². The summed E-state index contributed by atoms with van der Waals surface area (Å²) in [5.41, 5.74) is 8.02. The maximum absolute atomic E-state index is 5.60. The van der Waals surface area contributed by atoms with Crippen LogP contribution in [-0.2, 0) is 0 Å². The van der Waals surface area contributed by atoms with Crippen LogP contribution in [0.5, 0.6) is 5.75 Å². The Hall–Kier alpha value is -1.02. The Labute approximate surface area is 79.7 Å². The van der Waals surface area contributed by atoms with Crippen molar-refractivity contribution in [3.05, 3.63) is 29.3 Å². The molecule has 1 atom stereocenters. The summed E-state index contributed by atoms with van der Waals surface area (Å²) in [6, 6.07) is 6.23. The molecule has 0 radical (unpaired) electrons. The summed E-state index contributed by atoms with van der Waals surface area (Å²) >= 11 is 0. The van der Waals surface area contributed by atoms with E-state index in [1.165, 1.54) is 11.1 Å². The third-order valence-corrected chi connectivity index (χ3v) is 1.83. The summed E-state index contributed by atoms with van der Waals surface area (Å²) in [6.45, 7) is 6.62. The van der Waals surface area contributed by atoms with Crippen LogP contribution in [0.1, 0.15) is 18.1 Å². The molecular weight excluding hydrogens is 162 g/mol. The zero-order chi connectivity index (χ0) is 9.84. The second-order valence-electron chi connectivity index (χ2n) is 3.56. The molecule has 0 heterocycles. The van der Waals surface area contributed by atoms with Crippen molar-refractivity contribution < 1.29 is 4.74 Å². The fraction of sp³-hybridized carbons (Fsp3) is 0.455. The SMILES string of the molecule is Cc1ccc(OC[C@@H](C)N)c(C)c1. The molecule has 1 rings (SSSR count). The lowest BCUT2D eigenvalue weighted by atomic mass is 10.1. The lowest BCUT2D eigenvalue weighted by molar-refractivity contribution is 0.294. The van der Waals surface area contributed by atoms with Gasteiger partial charge in [-0.1, -0.05) is 17.7 Å². The predicted octanol–water partition coefficient (Wildman–Crippen LogP) is 2.03. The van der Waals surface area contributed by atoms with Crippen molar-refractivity contribution in [3.8, 4) is 5.75 Å². The van der Waals surface area contributed by atoms with Crippen molar-refractivity contribution in [2.45, 2.75) is 26.8 Å². The van der Waals surface area contributed by atoms with E-state index in [1.807, 2.05) is 26.0 Å². The van der Waals surface area contributed by atoms with Crippen LogP contribution >= 0.6 is 0 Å². The molecule has 13 heavy (non-hydrogen) atoms. The smallest absolute Gasteiger partial charge is 0.122 e. The van der Waals surface area contributed by atoms with Crippen molar-refractivity contribution in [1.82, 2.24) is 0 Å². The van der Waals surface area contributed by atoms with Crippen LogP contribution in [0.4, 0.5) is 0 Å². The number of benzene rings is 1. The van der Waals surface area contributed by atoms with Crippen LogP contribution in [0.3, 0.4) is 0 Å². The van der Waals surface area contributed by atoms with Gasteiger partial charge >= 0.3 is 0 Å². The van der Waals surface area contributed by atoms with Gasteiger partial charge in [0.15, 0.2) is 0 Å². The van der Waals surface area contributed by atoms with Crippen molar-refractivity contribution in [3.63, 3.8) is 0 Å². The molecule has 0 amide bonds. The number of hydrogen-bond donors (Lipinski definition) is 1. The summed E-state index contributed by atoms with van der Waals surface area (Å²) < 4.78 is 5.53. The summed E-state index contributed by atoms with van der Waals surface area (Å²) in [5.74, 6) is 0.933. The van der Waals surface area contributed by atoms with E-state index >= 15 is 0 Å². The molecule has 0 aromatic heterocycles. The lowest BCUT2D eigenvalue weighted by Crippen LogP contribution is -2.23. The number of aryl methyl sites for hydroxylation is 2. The molecule has 2 nitrogen and oxygen atoms in total. The second-order valence-corrected chi connectivity index (χ2v) is 3.56. The van der Waals surface area contributed by atoms with Crippen molar-refractivity contribution in [2.75, 3.05) is 6.61 Å². The average Bonchev–Trinajstić information content (AvgIpc) is 2.02. The lowest BCUT2D eigenvalue weighted by Gasteiger charge is -2.11. The summed E-state index contributed by atoms with van der Waals surface area (Å²) in [7, 11) is 0. The molecule has 0 saturated carbocycles. The maximum atomic E-state index is 5.60. The zero-order valence-electron chi connectivity index (χ0n) is 8.50. The number of nitrogens with two attached hydrogens (primary N) is 1. The highest BCUT2D eigenvalue weighted by Gasteiger charge is 2.00. The molecule has 0 aliphatic rings. The first-order valence-electron chi connectivity index (χ1n) is 4.55. The largest absolute Gasteiger partial charge is 0.492 e. The Balaban J connectivity index is 2.67. The Morgan fingerprint density at radius 2 is 2.08 bits per heavy atom. The van der Waals surface area contributed by atoms with Crippen LogP contribution in [0.25, 0.3) is 0 Å². The Bertz CT molecular complexity index is 281. The third kappa shape index (κ3) is 3.07. The van der Waals surface area contributed by atoms with E-state index in [4.69, 9.17) is 10.5 Å². The molecule has 0 saturated heterocycles. The van der Waals surface area contributed by atoms with E-state index in [-0.39, 0.29) is 6.04 Å². The Kier molecular flexibility index (Phi) is 3.32. The minimum Gasteiger partial charge on any atom is -0.492 e. The minimum absolute atomic E-state index is 0.0840. The van der Waals surface area contributed by atoms with Crippen molar-refractivity contribution in [2.24, 2.45) is 5.73 Å². The highest BCUT2D eigenvalue weighted by Crippen LogP contribution is 2.18. The highest BCUT2D eigenvalue weighted by molar-refractivity contribution is 5.35. The van der Waals surface area contributed by atoms with E-state index in [2.05, 4.69) is 13.0 Å². The molecule has 1 aromatic rings. The van der Waals surface area contributed by atoms with Crippen LogP contribution < -0.4 is 10.5 Å². The Morgan fingerprint density at radius 3 is 2.62 bits per heavy atom. The zero-order valence-corrected chi connectivity index (χ0v) is 8.50. The van der Waals surface area contributed by atoms with Crippen molar-refractivity contribution in [1.29, 1.82) is 0 Å². The average molecular weight is 179 g/mol. The van der Waals surface area contributed by atoms with Gasteiger partial charge in [0.1, 0.15) is 12.4 Å². The van der Waals surface area contributed by atoms with E-state index in [1.54, 1.807) is 0 Å². The molecule has 2 heteroatoms. The molecule has 0 bridgehead atoms. The van der Waals surface area contributed by atoms with E-state index < -0.39 is 0 Å². The van der Waals surface area contributed by atoms with Crippen molar-refractivity contribution >= 4 is 0 Å². The van der Waals surface area contributed by atoms with Gasteiger partial charge in [-0.05, 0) is 32.4 Å². The minimum atomic E-state index is 0.0840. The van der Waals surface area contributed by atoms with Gasteiger partial charge in [0.2, 0.25) is 0 Å². The van der Waals surface area contributed by atoms with Gasteiger partial charge in [0.05, 0.1) is 0 Å². The molecular formula is C11H17NO. The van der Waals surface area contributed by atoms with Gasteiger partial charge in [0, 0.05) is 6.04 Å². The molecule has 0 fully saturated rings. The van der Waals surface area contributed by atoms with Gasteiger partial charge in [-0.25, -0.2) is 0 Å². The highest BCUT2D eigenvalue weighted by atomic mass is 16.5. The normalized spacial score (nSPS) is 12.6. The van der Waals surface area contributed by atoms with Gasteiger partial charge in [0.25, 0.3) is 0 Å². The fourth-order valence-electron chi connectivity index (χ4n) is 1.18. The number of hydrogen-bond acceptors (Lipinski definition) is 2. The standard InChI is InChI=1S/C11H17NO/c1-8-4-5-11(9(2)6-8)13-7-10(3)12/h4-6,10H,7,12H2,1-3H3/t10-/m1/s1. The number of rotatable bonds is 3. The van der Waals surface area contributed by atoms with E-state index in [9.17, 15) is 0 Å². The molecule has 0 spiro atoms. The van der Waals surface area contributed by atoms with Gasteiger partial charge in [-0.15, -0.1) is 0 Å². The quantitative estimate of drug-likeness (QED) is 0.770. The molecule has 0 aliphatic heterocycles. The first kappa shape index (κ1) is 10.1. The topological polar surface area (TPSA) is 35.2 Å². The van der Waals surface area contributed by atoms with E-state index in [0.29, 0.717) is 6.61 Å². The monoisotopic (exact) mass is 179 g/mol. The molecule has 2 N–H and O–H groups in total. The first-order valence-corrected chi connectivity index (χ1v) is 4.55. The molecule has 0 aliphatic carbocycles. The second kappa shape index (κ2) is 4.28. The molecule has 1 aromatic carbocycles.